The molecule has 3 amide bonds. The Morgan fingerprint density at radius 1 is 1.12 bits per heavy atom. The molecule has 2 rings (SSSR count). The lowest BCUT2D eigenvalue weighted by atomic mass is 9.83. The second-order valence-electron chi connectivity index (χ2n) is 12.0. The van der Waals surface area contributed by atoms with Crippen molar-refractivity contribution in [3.8, 4) is 0 Å². The number of aliphatic carboxylic acids is 1. The fraction of sp³-hybridized carbons (Fsp3) is 0.636. The van der Waals surface area contributed by atoms with Crippen LogP contribution in [0.3, 0.4) is 0 Å². The van der Waals surface area contributed by atoms with Gasteiger partial charge in [0.05, 0.1) is 12.6 Å². The highest BCUT2D eigenvalue weighted by Gasteiger charge is 2.21. The number of primary amides is 1. The molecular weight excluding hydrogens is 546 g/mol. The summed E-state index contributed by atoms with van der Waals surface area (Å²) in [6, 6.07) is -2.13. The van der Waals surface area contributed by atoms with Crippen LogP contribution in [0.25, 0.3) is 0 Å². The van der Waals surface area contributed by atoms with E-state index in [-0.39, 0.29) is 18.1 Å². The Balaban J connectivity index is 2.17. The van der Waals surface area contributed by atoms with Crippen molar-refractivity contribution in [2.45, 2.75) is 109 Å². The number of nitrogens with two attached hydrogens (primary N) is 2. The minimum atomic E-state index is -1.11. The Labute approximate surface area is 256 Å². The average Bonchev–Trinajstić information content (AvgIpc) is 2.95. The number of amides is 3. The van der Waals surface area contributed by atoms with E-state index >= 15 is 0 Å². The van der Waals surface area contributed by atoms with Crippen molar-refractivity contribution in [3.63, 3.8) is 0 Å². The highest BCUT2D eigenvalue weighted by Crippen LogP contribution is 2.30. The molecule has 0 aromatic carbocycles. The number of aliphatic imine (C=N–C) groups is 1. The molecule has 8 N–H and O–H groups in total. The lowest BCUT2D eigenvalue weighted by Crippen LogP contribution is -2.43. The fourth-order valence-corrected chi connectivity index (χ4v) is 5.87. The van der Waals surface area contributed by atoms with Gasteiger partial charge in [0, 0.05) is 5.57 Å². The maximum Gasteiger partial charge on any atom is 0.330 e. The van der Waals surface area contributed by atoms with E-state index in [1.807, 2.05) is 12.2 Å². The summed E-state index contributed by atoms with van der Waals surface area (Å²) in [6.45, 7) is 4.12. The summed E-state index contributed by atoms with van der Waals surface area (Å²) in [4.78, 5) is 40.0. The third-order valence-corrected chi connectivity index (χ3v) is 8.15. The number of carboxylic acids is 1. The van der Waals surface area contributed by atoms with Gasteiger partial charge in [-0.3, -0.25) is 10.1 Å². The Hall–Kier alpha value is -3.40. The van der Waals surface area contributed by atoms with Crippen LogP contribution in [-0.4, -0.2) is 52.8 Å². The number of aliphatic hydroxyl groups is 1. The van der Waals surface area contributed by atoms with E-state index < -0.39 is 30.1 Å². The smallest absolute Gasteiger partial charge is 0.330 e. The summed E-state index contributed by atoms with van der Waals surface area (Å²) in [7, 11) is 0. The van der Waals surface area contributed by atoms with Crippen LogP contribution in [-0.2, 0) is 9.59 Å². The molecule has 0 saturated heterocycles. The molecule has 0 bridgehead atoms. The number of unbranched alkanes of at least 4 members (excludes halogenated alkanes) is 2. The van der Waals surface area contributed by atoms with E-state index in [1.165, 1.54) is 38.2 Å². The zero-order valence-electron chi connectivity index (χ0n) is 26.0. The number of carbonyl (C=O) groups is 3. The number of imide groups is 1. The molecule has 0 spiro atoms. The molecular formula is C33H53N5O5. The Kier molecular flexibility index (Phi) is 16.4. The number of allylic oxidation sites excluding steroid dienone is 5. The van der Waals surface area contributed by atoms with Crippen molar-refractivity contribution < 1.29 is 24.6 Å². The van der Waals surface area contributed by atoms with Gasteiger partial charge in [0.25, 0.3) is 5.91 Å². The van der Waals surface area contributed by atoms with Gasteiger partial charge < -0.3 is 27.0 Å². The molecule has 0 radical (unpaired) electrons. The van der Waals surface area contributed by atoms with Crippen LogP contribution in [0.5, 0.6) is 0 Å². The van der Waals surface area contributed by atoms with Crippen LogP contribution < -0.4 is 22.1 Å². The first-order valence-corrected chi connectivity index (χ1v) is 15.9. The summed E-state index contributed by atoms with van der Waals surface area (Å²) < 4.78 is 0. The van der Waals surface area contributed by atoms with Crippen LogP contribution in [0, 0.1) is 17.8 Å². The first kappa shape index (κ1) is 35.8. The van der Waals surface area contributed by atoms with Crippen molar-refractivity contribution in [1.82, 2.24) is 10.6 Å². The first-order valence-electron chi connectivity index (χ1n) is 15.9. The van der Waals surface area contributed by atoms with Gasteiger partial charge in [0.1, 0.15) is 6.04 Å². The second-order valence-corrected chi connectivity index (χ2v) is 12.0. The number of guanidine groups is 1. The van der Waals surface area contributed by atoms with Gasteiger partial charge in [0.15, 0.2) is 5.96 Å². The van der Waals surface area contributed by atoms with Gasteiger partial charge in [-0.1, -0.05) is 95.6 Å². The number of rotatable bonds is 16. The van der Waals surface area contributed by atoms with E-state index in [4.69, 9.17) is 11.5 Å². The fourth-order valence-electron chi connectivity index (χ4n) is 5.87. The van der Waals surface area contributed by atoms with Gasteiger partial charge in [-0.05, 0) is 61.5 Å². The van der Waals surface area contributed by atoms with E-state index in [1.54, 1.807) is 6.08 Å². The maximum atomic E-state index is 12.4. The SMILES string of the molecule is CCCCCC(O)/C(=C/CN=C(N)NC(/C=C(\C=C\CC1CCCCC1)CC1CC=CC(C)C1)C(=O)O)C(=O)NC(N)=O. The summed E-state index contributed by atoms with van der Waals surface area (Å²) in [5.41, 5.74) is 12.1. The van der Waals surface area contributed by atoms with Crippen molar-refractivity contribution >= 4 is 23.9 Å². The predicted molar refractivity (Wildman–Crippen MR) is 171 cm³/mol. The van der Waals surface area contributed by atoms with Crippen molar-refractivity contribution in [1.29, 1.82) is 0 Å². The van der Waals surface area contributed by atoms with Gasteiger partial charge in [-0.25, -0.2) is 14.6 Å². The Bertz CT molecular complexity index is 1060. The quantitative estimate of drug-likeness (QED) is 0.0366. The molecule has 0 aliphatic heterocycles. The Morgan fingerprint density at radius 3 is 2.51 bits per heavy atom. The average molecular weight is 600 g/mol. The minimum absolute atomic E-state index is 0.0396. The van der Waals surface area contributed by atoms with Crippen molar-refractivity contribution in [2.75, 3.05) is 6.54 Å². The van der Waals surface area contributed by atoms with E-state index in [2.05, 4.69) is 41.5 Å². The molecule has 0 aromatic rings. The van der Waals surface area contributed by atoms with Gasteiger partial charge >= 0.3 is 12.0 Å². The molecule has 1 saturated carbocycles. The third-order valence-electron chi connectivity index (χ3n) is 8.15. The van der Waals surface area contributed by atoms with Crippen LogP contribution in [0.15, 0.2) is 52.6 Å². The molecule has 10 nitrogen and oxygen atoms in total. The number of aliphatic hydroxyl groups excluding tert-OH is 1. The largest absolute Gasteiger partial charge is 0.479 e. The van der Waals surface area contributed by atoms with Gasteiger partial charge in [0.2, 0.25) is 0 Å². The topological polar surface area (TPSA) is 180 Å². The molecule has 1 fully saturated rings. The lowest BCUT2D eigenvalue weighted by molar-refractivity contribution is -0.137. The maximum absolute atomic E-state index is 12.4. The second kappa shape index (κ2) is 19.7. The molecule has 43 heavy (non-hydrogen) atoms. The van der Waals surface area contributed by atoms with Crippen molar-refractivity contribution in [3.05, 3.63) is 47.6 Å². The lowest BCUT2D eigenvalue weighted by Gasteiger charge is -2.23. The number of urea groups is 1. The Morgan fingerprint density at radius 2 is 1.86 bits per heavy atom. The number of hydrogen-bond acceptors (Lipinski definition) is 5. The molecule has 2 aliphatic carbocycles. The molecule has 4 atom stereocenters. The zero-order chi connectivity index (χ0) is 31.6. The molecule has 0 heterocycles. The molecule has 2 aliphatic rings. The molecule has 4 unspecified atom stereocenters. The van der Waals surface area contributed by atoms with Crippen LogP contribution >= 0.6 is 0 Å². The normalized spacial score (nSPS) is 21.9. The highest BCUT2D eigenvalue weighted by atomic mass is 16.4. The standard InChI is InChI=1S/C33H53N5O5/c1-3-4-6-17-29(39)27(30(40)38-33(35)43)18-19-36-32(34)37-28(31(41)42)22-26(21-25-15-9-11-23(2)20-25)16-10-14-24-12-7-5-8-13-24/h9-11,16,18,22-25,28-29,39H,3-8,12-15,17,19-21H2,1-2H3,(H,41,42)(H3,34,36,37)(H3,35,38,40,43)/b16-10+,26-22+,27-18-. The third kappa shape index (κ3) is 14.6. The number of hydrogen-bond donors (Lipinski definition) is 6. The van der Waals surface area contributed by atoms with Crippen LogP contribution in [0.4, 0.5) is 4.79 Å². The summed E-state index contributed by atoms with van der Waals surface area (Å²) in [5, 5.41) is 25.3. The minimum Gasteiger partial charge on any atom is -0.479 e. The van der Waals surface area contributed by atoms with Crippen LogP contribution in [0.1, 0.15) is 97.3 Å². The monoisotopic (exact) mass is 599 g/mol. The number of nitrogens with zero attached hydrogens (tertiary/aromatic N) is 1. The van der Waals surface area contributed by atoms with Gasteiger partial charge in [-0.15, -0.1) is 0 Å². The predicted octanol–water partition coefficient (Wildman–Crippen LogP) is 4.85. The number of carboxylic acid groups (broad SMARTS) is 1. The zero-order valence-corrected chi connectivity index (χ0v) is 26.0. The highest BCUT2D eigenvalue weighted by molar-refractivity contribution is 6.04. The van der Waals surface area contributed by atoms with E-state index in [9.17, 15) is 24.6 Å². The van der Waals surface area contributed by atoms with E-state index in [0.717, 1.165) is 44.1 Å². The van der Waals surface area contributed by atoms with Crippen molar-refractivity contribution in [2.24, 2.45) is 34.2 Å². The molecule has 240 valence electrons. The number of carbonyl (C=O) groups excluding carboxylic acids is 2. The molecule has 0 aromatic heterocycles. The summed E-state index contributed by atoms with van der Waals surface area (Å²) in [5.74, 6) is -0.388. The summed E-state index contributed by atoms with van der Waals surface area (Å²) in [6.07, 6.45) is 23.7. The van der Waals surface area contributed by atoms with Gasteiger partial charge in [-0.2, -0.15) is 0 Å². The summed E-state index contributed by atoms with van der Waals surface area (Å²) >= 11 is 0. The molecule has 10 heteroatoms. The van der Waals surface area contributed by atoms with Crippen LogP contribution in [0.2, 0.25) is 0 Å². The van der Waals surface area contributed by atoms with E-state index in [0.29, 0.717) is 30.6 Å². The number of nitrogens with one attached hydrogen (secondary N) is 2. The first-order chi connectivity index (χ1) is 20.6.